The largest absolute Gasteiger partial charge is 0.497 e. The van der Waals surface area contributed by atoms with Gasteiger partial charge in [0.25, 0.3) is 0 Å². The van der Waals surface area contributed by atoms with Gasteiger partial charge in [-0.05, 0) is 62.2 Å². The maximum atomic E-state index is 12.3. The van der Waals surface area contributed by atoms with E-state index in [4.69, 9.17) is 9.47 Å². The van der Waals surface area contributed by atoms with E-state index in [9.17, 15) is 4.79 Å². The third-order valence-electron chi connectivity index (χ3n) is 4.28. The van der Waals surface area contributed by atoms with Crippen LogP contribution < -0.4 is 14.8 Å². The van der Waals surface area contributed by atoms with E-state index in [2.05, 4.69) is 10.3 Å². The van der Waals surface area contributed by atoms with Crippen LogP contribution in [0.1, 0.15) is 23.8 Å². The number of anilines is 1. The Morgan fingerprint density at radius 1 is 1.07 bits per heavy atom. The lowest BCUT2D eigenvalue weighted by atomic mass is 10.1. The number of benzene rings is 2. The lowest BCUT2D eigenvalue weighted by molar-refractivity contribution is -0.116. The number of hydrogen-bond donors (Lipinski definition) is 1. The summed E-state index contributed by atoms with van der Waals surface area (Å²) in [7, 11) is 1.64. The zero-order valence-electron chi connectivity index (χ0n) is 16.3. The number of aromatic nitrogens is 1. The summed E-state index contributed by atoms with van der Waals surface area (Å²) >= 11 is 1.49. The van der Waals surface area contributed by atoms with Crippen LogP contribution in [0, 0.1) is 6.92 Å². The Hall–Kier alpha value is -2.86. The molecule has 146 valence electrons. The van der Waals surface area contributed by atoms with Crippen LogP contribution in [0.5, 0.6) is 11.5 Å². The summed E-state index contributed by atoms with van der Waals surface area (Å²) in [5, 5.41) is 3.54. The molecule has 3 rings (SSSR count). The summed E-state index contributed by atoms with van der Waals surface area (Å²) in [5.41, 5.74) is 3.00. The van der Waals surface area contributed by atoms with Gasteiger partial charge in [0, 0.05) is 16.9 Å². The molecule has 0 aliphatic carbocycles. The Kier molecular flexibility index (Phi) is 6.66. The van der Waals surface area contributed by atoms with Gasteiger partial charge in [-0.3, -0.25) is 4.79 Å². The molecule has 1 heterocycles. The van der Waals surface area contributed by atoms with Crippen LogP contribution in [0.15, 0.2) is 48.5 Å². The molecule has 1 N–H and O–H groups in total. The topological polar surface area (TPSA) is 60.5 Å². The van der Waals surface area contributed by atoms with E-state index in [-0.39, 0.29) is 5.91 Å². The zero-order chi connectivity index (χ0) is 19.9. The Labute approximate surface area is 169 Å². The predicted octanol–water partition coefficient (Wildman–Crippen LogP) is 5.10. The molecular formula is C22H24N2O3S. The van der Waals surface area contributed by atoms with Gasteiger partial charge in [0.15, 0.2) is 5.13 Å². The number of hydrogen-bond acceptors (Lipinski definition) is 5. The number of nitrogens with one attached hydrogen (secondary N) is 1. The molecule has 2 aromatic carbocycles. The van der Waals surface area contributed by atoms with Gasteiger partial charge < -0.3 is 14.8 Å². The maximum absolute atomic E-state index is 12.3. The van der Waals surface area contributed by atoms with E-state index in [0.29, 0.717) is 24.6 Å². The molecule has 0 aliphatic heterocycles. The van der Waals surface area contributed by atoms with E-state index in [0.717, 1.165) is 33.2 Å². The molecule has 0 radical (unpaired) electrons. The van der Waals surface area contributed by atoms with E-state index in [1.165, 1.54) is 11.3 Å². The van der Waals surface area contributed by atoms with Crippen LogP contribution in [0.25, 0.3) is 11.3 Å². The van der Waals surface area contributed by atoms with Crippen LogP contribution in [0.3, 0.4) is 0 Å². The molecule has 0 atom stereocenters. The van der Waals surface area contributed by atoms with E-state index < -0.39 is 0 Å². The fourth-order valence-electron chi connectivity index (χ4n) is 2.83. The molecule has 0 unspecified atom stereocenters. The molecule has 28 heavy (non-hydrogen) atoms. The highest BCUT2D eigenvalue weighted by Gasteiger charge is 2.12. The predicted molar refractivity (Wildman–Crippen MR) is 113 cm³/mol. The highest BCUT2D eigenvalue weighted by molar-refractivity contribution is 7.16. The molecule has 0 aliphatic rings. The van der Waals surface area contributed by atoms with Gasteiger partial charge in [-0.15, -0.1) is 11.3 Å². The zero-order valence-corrected chi connectivity index (χ0v) is 17.1. The van der Waals surface area contributed by atoms with Crippen molar-refractivity contribution in [1.82, 2.24) is 4.98 Å². The first kappa shape index (κ1) is 19.9. The first-order valence-electron chi connectivity index (χ1n) is 9.22. The van der Waals surface area contributed by atoms with Crippen molar-refractivity contribution in [2.24, 2.45) is 0 Å². The molecule has 0 spiro atoms. The third kappa shape index (κ3) is 5.10. The molecular weight excluding hydrogens is 372 g/mol. The third-order valence-corrected chi connectivity index (χ3v) is 5.17. The second-order valence-electron chi connectivity index (χ2n) is 6.28. The smallest absolute Gasteiger partial charge is 0.226 e. The van der Waals surface area contributed by atoms with Crippen LogP contribution in [0.4, 0.5) is 5.13 Å². The first-order valence-corrected chi connectivity index (χ1v) is 10.0. The number of thiazole rings is 1. The fraction of sp³-hybridized carbons (Fsp3) is 0.273. The second kappa shape index (κ2) is 9.37. The van der Waals surface area contributed by atoms with E-state index in [1.807, 2.05) is 62.4 Å². The maximum Gasteiger partial charge on any atom is 0.226 e. The molecule has 5 nitrogen and oxygen atoms in total. The summed E-state index contributed by atoms with van der Waals surface area (Å²) in [6, 6.07) is 15.6. The van der Waals surface area contributed by atoms with Gasteiger partial charge in [0.2, 0.25) is 5.91 Å². The van der Waals surface area contributed by atoms with Gasteiger partial charge in [0.1, 0.15) is 11.5 Å². The van der Waals surface area contributed by atoms with Gasteiger partial charge in [-0.25, -0.2) is 4.98 Å². The van der Waals surface area contributed by atoms with Crippen molar-refractivity contribution >= 4 is 22.4 Å². The van der Waals surface area contributed by atoms with Crippen LogP contribution in [-0.2, 0) is 11.2 Å². The van der Waals surface area contributed by atoms with Crippen molar-refractivity contribution in [3.63, 3.8) is 0 Å². The van der Waals surface area contributed by atoms with Crippen molar-refractivity contribution in [3.8, 4) is 22.8 Å². The number of amides is 1. The number of carbonyl (C=O) groups is 1. The number of rotatable bonds is 8. The van der Waals surface area contributed by atoms with Crippen LogP contribution in [0.2, 0.25) is 0 Å². The van der Waals surface area contributed by atoms with E-state index >= 15 is 0 Å². The normalized spacial score (nSPS) is 10.5. The monoisotopic (exact) mass is 396 g/mol. The van der Waals surface area contributed by atoms with Gasteiger partial charge in [-0.2, -0.15) is 0 Å². The second-order valence-corrected chi connectivity index (χ2v) is 7.48. The summed E-state index contributed by atoms with van der Waals surface area (Å²) in [4.78, 5) is 18.0. The standard InChI is InChI=1S/C22H24N2O3S/c1-4-27-19-12-8-17(9-13-19)21-15(2)28-22(24-21)23-20(25)14-7-16-5-10-18(26-3)11-6-16/h5-6,8-13H,4,7,14H2,1-3H3,(H,23,24,25). The summed E-state index contributed by atoms with van der Waals surface area (Å²) in [5.74, 6) is 1.61. The number of carbonyl (C=O) groups excluding carboxylic acids is 1. The highest BCUT2D eigenvalue weighted by Crippen LogP contribution is 2.31. The molecule has 0 fully saturated rings. The number of nitrogens with zero attached hydrogens (tertiary/aromatic N) is 1. The van der Waals surface area contributed by atoms with E-state index in [1.54, 1.807) is 7.11 Å². The summed E-state index contributed by atoms with van der Waals surface area (Å²) < 4.78 is 10.6. The summed E-state index contributed by atoms with van der Waals surface area (Å²) in [6.45, 7) is 4.61. The average molecular weight is 397 g/mol. The molecule has 1 aromatic heterocycles. The molecule has 0 saturated carbocycles. The Morgan fingerprint density at radius 3 is 2.39 bits per heavy atom. The van der Waals surface area contributed by atoms with Gasteiger partial charge in [-0.1, -0.05) is 12.1 Å². The van der Waals surface area contributed by atoms with Crippen molar-refractivity contribution in [3.05, 3.63) is 59.0 Å². The fourth-order valence-corrected chi connectivity index (χ4v) is 3.68. The molecule has 1 amide bonds. The molecule has 0 bridgehead atoms. The lowest BCUT2D eigenvalue weighted by Crippen LogP contribution is -2.12. The lowest BCUT2D eigenvalue weighted by Gasteiger charge is -2.04. The Balaban J connectivity index is 1.59. The van der Waals surface area contributed by atoms with Crippen molar-refractivity contribution in [1.29, 1.82) is 0 Å². The van der Waals surface area contributed by atoms with Crippen LogP contribution in [-0.4, -0.2) is 24.6 Å². The van der Waals surface area contributed by atoms with Gasteiger partial charge in [0.05, 0.1) is 19.4 Å². The molecule has 3 aromatic rings. The quantitative estimate of drug-likeness (QED) is 0.576. The van der Waals surface area contributed by atoms with Crippen molar-refractivity contribution in [2.45, 2.75) is 26.7 Å². The average Bonchev–Trinajstić information content (AvgIpc) is 3.07. The summed E-state index contributed by atoms with van der Waals surface area (Å²) in [6.07, 6.45) is 1.08. The Bertz CT molecular complexity index is 918. The SMILES string of the molecule is CCOc1ccc(-c2nc(NC(=O)CCc3ccc(OC)cc3)sc2C)cc1. The van der Waals surface area contributed by atoms with Gasteiger partial charge >= 0.3 is 0 Å². The Morgan fingerprint density at radius 2 is 1.75 bits per heavy atom. The number of aryl methyl sites for hydroxylation is 2. The minimum absolute atomic E-state index is 0.0391. The van der Waals surface area contributed by atoms with Crippen LogP contribution >= 0.6 is 11.3 Å². The van der Waals surface area contributed by atoms with Crippen molar-refractivity contribution in [2.75, 3.05) is 19.0 Å². The minimum atomic E-state index is -0.0391. The number of ether oxygens (including phenoxy) is 2. The first-order chi connectivity index (χ1) is 13.6. The molecule has 6 heteroatoms. The minimum Gasteiger partial charge on any atom is -0.497 e. The number of methoxy groups -OCH3 is 1. The molecule has 0 saturated heterocycles. The highest BCUT2D eigenvalue weighted by atomic mass is 32.1. The van der Waals surface area contributed by atoms with Crippen molar-refractivity contribution < 1.29 is 14.3 Å².